The summed E-state index contributed by atoms with van der Waals surface area (Å²) >= 11 is 3.46. The zero-order valence-electron chi connectivity index (χ0n) is 11.9. The molecule has 3 rings (SSSR count). The average Bonchev–Trinajstić information content (AvgIpc) is 2.53. The van der Waals surface area contributed by atoms with Crippen LogP contribution >= 0.6 is 15.9 Å². The molecule has 1 N–H and O–H groups in total. The fourth-order valence-corrected chi connectivity index (χ4v) is 5.29. The van der Waals surface area contributed by atoms with Gasteiger partial charge in [-0.1, -0.05) is 46.3 Å². The molecular formula is C17H18BrNOS. The lowest BCUT2D eigenvalue weighted by molar-refractivity contribution is 0.497. The topological polar surface area (TPSA) is 29.1 Å². The summed E-state index contributed by atoms with van der Waals surface area (Å²) < 4.78 is 14.0. The zero-order chi connectivity index (χ0) is 14.8. The Morgan fingerprint density at radius 2 is 2.00 bits per heavy atom. The van der Waals surface area contributed by atoms with E-state index in [0.29, 0.717) is 0 Å². The number of hydrogen-bond donors (Lipinski definition) is 1. The van der Waals surface area contributed by atoms with Crippen molar-refractivity contribution in [3.8, 4) is 0 Å². The van der Waals surface area contributed by atoms with Crippen molar-refractivity contribution in [3.05, 3.63) is 64.1 Å². The fourth-order valence-electron chi connectivity index (χ4n) is 3.07. The first-order valence-corrected chi connectivity index (χ1v) is 9.12. The van der Waals surface area contributed by atoms with Gasteiger partial charge < -0.3 is 5.32 Å². The van der Waals surface area contributed by atoms with E-state index in [-0.39, 0.29) is 11.3 Å². The molecule has 1 aliphatic rings. The minimum Gasteiger partial charge on any atom is -0.312 e. The first kappa shape index (κ1) is 14.9. The summed E-state index contributed by atoms with van der Waals surface area (Å²) in [6, 6.07) is 16.4. The van der Waals surface area contributed by atoms with Crippen LogP contribution in [0.2, 0.25) is 0 Å². The molecule has 0 heterocycles. The number of hydrogen-bond acceptors (Lipinski definition) is 2. The average molecular weight is 364 g/mol. The van der Waals surface area contributed by atoms with E-state index < -0.39 is 10.8 Å². The van der Waals surface area contributed by atoms with Crippen molar-refractivity contribution >= 4 is 26.7 Å². The molecule has 0 radical (unpaired) electrons. The second-order valence-electron chi connectivity index (χ2n) is 5.30. The molecule has 0 saturated carbocycles. The van der Waals surface area contributed by atoms with E-state index in [4.69, 9.17) is 0 Å². The first-order chi connectivity index (χ1) is 10.2. The van der Waals surface area contributed by atoms with Gasteiger partial charge in [0, 0.05) is 15.4 Å². The number of aryl methyl sites for hydroxylation is 1. The molecule has 21 heavy (non-hydrogen) atoms. The van der Waals surface area contributed by atoms with Gasteiger partial charge in [0.25, 0.3) is 0 Å². The summed E-state index contributed by atoms with van der Waals surface area (Å²) in [4.78, 5) is 0.897. The minimum absolute atomic E-state index is 0.110. The summed E-state index contributed by atoms with van der Waals surface area (Å²) in [5.41, 5.74) is 2.67. The number of nitrogens with one attached hydrogen (secondary N) is 1. The summed E-state index contributed by atoms with van der Waals surface area (Å²) in [6.45, 7) is 0. The second-order valence-corrected chi connectivity index (χ2v) is 7.88. The highest BCUT2D eigenvalue weighted by Crippen LogP contribution is 2.34. The maximum atomic E-state index is 13.0. The standard InChI is InChI=1S/C17H18BrNOS/c1-19-17-15-8-3-2-5-12(15)9-10-16(17)21(20)14-7-4-6-13(18)11-14/h2-8,11,16-17,19H,9-10H2,1H3. The van der Waals surface area contributed by atoms with Gasteiger partial charge >= 0.3 is 0 Å². The summed E-state index contributed by atoms with van der Waals surface area (Å²) in [6.07, 6.45) is 1.94. The van der Waals surface area contributed by atoms with Crippen molar-refractivity contribution in [2.75, 3.05) is 7.05 Å². The van der Waals surface area contributed by atoms with Gasteiger partial charge in [0.1, 0.15) is 0 Å². The SMILES string of the molecule is CNC1c2ccccc2CCC1S(=O)c1cccc(Br)c1. The van der Waals surface area contributed by atoms with Gasteiger partial charge in [-0.15, -0.1) is 0 Å². The Labute approximate surface area is 136 Å². The zero-order valence-corrected chi connectivity index (χ0v) is 14.3. The van der Waals surface area contributed by atoms with Crippen LogP contribution in [0.4, 0.5) is 0 Å². The predicted molar refractivity (Wildman–Crippen MR) is 90.9 cm³/mol. The van der Waals surface area contributed by atoms with Crippen LogP contribution in [0.25, 0.3) is 0 Å². The number of benzene rings is 2. The van der Waals surface area contributed by atoms with E-state index in [9.17, 15) is 4.21 Å². The van der Waals surface area contributed by atoms with E-state index in [1.54, 1.807) is 0 Å². The van der Waals surface area contributed by atoms with Crippen LogP contribution in [-0.2, 0) is 17.2 Å². The Morgan fingerprint density at radius 1 is 1.19 bits per heavy atom. The molecule has 0 spiro atoms. The molecule has 0 amide bonds. The highest BCUT2D eigenvalue weighted by Gasteiger charge is 2.33. The molecule has 1 aliphatic carbocycles. The molecule has 4 heteroatoms. The molecule has 3 unspecified atom stereocenters. The normalized spacial score (nSPS) is 22.6. The Morgan fingerprint density at radius 3 is 2.76 bits per heavy atom. The maximum absolute atomic E-state index is 13.0. The maximum Gasteiger partial charge on any atom is 0.0592 e. The van der Waals surface area contributed by atoms with Gasteiger partial charge in [-0.2, -0.15) is 0 Å². The van der Waals surface area contributed by atoms with Gasteiger partial charge in [0.2, 0.25) is 0 Å². The highest BCUT2D eigenvalue weighted by atomic mass is 79.9. The van der Waals surface area contributed by atoms with E-state index >= 15 is 0 Å². The quantitative estimate of drug-likeness (QED) is 0.897. The molecule has 0 bridgehead atoms. The van der Waals surface area contributed by atoms with Gasteiger partial charge in [0.05, 0.1) is 16.0 Å². The fraction of sp³-hybridized carbons (Fsp3) is 0.294. The molecule has 0 fully saturated rings. The highest BCUT2D eigenvalue weighted by molar-refractivity contribution is 9.10. The molecule has 2 nitrogen and oxygen atoms in total. The first-order valence-electron chi connectivity index (χ1n) is 7.12. The molecule has 0 aliphatic heterocycles. The summed E-state index contributed by atoms with van der Waals surface area (Å²) in [7, 11) is 0.946. The van der Waals surface area contributed by atoms with Gasteiger partial charge in [0.15, 0.2) is 0 Å². The lowest BCUT2D eigenvalue weighted by Gasteiger charge is -2.32. The van der Waals surface area contributed by atoms with E-state index in [2.05, 4.69) is 45.5 Å². The largest absolute Gasteiger partial charge is 0.312 e. The van der Waals surface area contributed by atoms with Gasteiger partial charge in [-0.3, -0.25) is 4.21 Å². The van der Waals surface area contributed by atoms with Crippen LogP contribution in [0.3, 0.4) is 0 Å². The molecule has 3 atom stereocenters. The van der Waals surface area contributed by atoms with Crippen molar-refractivity contribution in [1.29, 1.82) is 0 Å². The van der Waals surface area contributed by atoms with Crippen LogP contribution < -0.4 is 5.32 Å². The van der Waals surface area contributed by atoms with Crippen molar-refractivity contribution in [2.45, 2.75) is 29.0 Å². The lowest BCUT2D eigenvalue weighted by Crippen LogP contribution is -2.37. The van der Waals surface area contributed by atoms with Crippen LogP contribution in [0.1, 0.15) is 23.6 Å². The smallest absolute Gasteiger partial charge is 0.0592 e. The Kier molecular flexibility index (Phi) is 4.57. The molecule has 0 saturated heterocycles. The van der Waals surface area contributed by atoms with Crippen LogP contribution in [0.15, 0.2) is 57.9 Å². The van der Waals surface area contributed by atoms with Crippen molar-refractivity contribution in [2.24, 2.45) is 0 Å². The van der Waals surface area contributed by atoms with Crippen LogP contribution in [0.5, 0.6) is 0 Å². The van der Waals surface area contributed by atoms with E-state index in [1.807, 2.05) is 31.3 Å². The van der Waals surface area contributed by atoms with Crippen LogP contribution in [-0.4, -0.2) is 16.5 Å². The Bertz CT molecular complexity index is 673. The number of fused-ring (bicyclic) bond motifs is 1. The van der Waals surface area contributed by atoms with Crippen molar-refractivity contribution in [3.63, 3.8) is 0 Å². The third-order valence-electron chi connectivity index (χ3n) is 4.07. The lowest BCUT2D eigenvalue weighted by atomic mass is 9.87. The molecular weight excluding hydrogens is 346 g/mol. The van der Waals surface area contributed by atoms with Crippen molar-refractivity contribution in [1.82, 2.24) is 5.32 Å². The molecule has 110 valence electrons. The number of rotatable bonds is 3. The monoisotopic (exact) mass is 363 g/mol. The third kappa shape index (κ3) is 2.98. The summed E-state index contributed by atoms with van der Waals surface area (Å²) in [5, 5.41) is 3.48. The molecule has 2 aromatic rings. The van der Waals surface area contributed by atoms with Gasteiger partial charge in [-0.05, 0) is 49.2 Å². The number of halogens is 1. The second kappa shape index (κ2) is 6.42. The van der Waals surface area contributed by atoms with E-state index in [1.165, 1.54) is 11.1 Å². The third-order valence-corrected chi connectivity index (χ3v) is 6.34. The molecule has 0 aromatic heterocycles. The van der Waals surface area contributed by atoms with Crippen LogP contribution in [0, 0.1) is 0 Å². The Hall–Kier alpha value is -0.970. The predicted octanol–water partition coefficient (Wildman–Crippen LogP) is 3.83. The summed E-state index contributed by atoms with van der Waals surface area (Å²) in [5.74, 6) is 0. The molecule has 2 aromatic carbocycles. The van der Waals surface area contributed by atoms with E-state index in [0.717, 1.165) is 22.2 Å². The minimum atomic E-state index is -1.01. The van der Waals surface area contributed by atoms with Gasteiger partial charge in [-0.25, -0.2) is 0 Å². The van der Waals surface area contributed by atoms with Crippen molar-refractivity contribution < 1.29 is 4.21 Å². The Balaban J connectivity index is 1.94.